The largest absolute Gasteiger partial charge is 0.480 e. The number of carboxylic acid groups (broad SMARTS) is 1. The first-order chi connectivity index (χ1) is 7.43. The molecule has 0 aromatic heterocycles. The van der Waals surface area contributed by atoms with Crippen LogP contribution in [0.2, 0.25) is 0 Å². The molecule has 0 fully saturated rings. The third-order valence-corrected chi connectivity index (χ3v) is 2.66. The third-order valence-electron chi connectivity index (χ3n) is 2.66. The van der Waals surface area contributed by atoms with E-state index in [2.05, 4.69) is 19.2 Å². The number of hydrogen-bond donors (Lipinski definition) is 2. The van der Waals surface area contributed by atoms with Gasteiger partial charge in [-0.05, 0) is 30.9 Å². The van der Waals surface area contributed by atoms with Crippen LogP contribution in [0.15, 0.2) is 18.2 Å². The molecule has 0 bridgehead atoms. The molecule has 0 radical (unpaired) electrons. The predicted octanol–water partition coefficient (Wildman–Crippen LogP) is 3.00. The van der Waals surface area contributed by atoms with Crippen molar-refractivity contribution in [1.82, 2.24) is 0 Å². The van der Waals surface area contributed by atoms with E-state index < -0.39 is 12.0 Å². The highest BCUT2D eigenvalue weighted by Crippen LogP contribution is 2.27. The molecule has 0 spiro atoms. The minimum Gasteiger partial charge on any atom is -0.480 e. The number of carbonyl (C=O) groups is 1. The van der Waals surface area contributed by atoms with E-state index in [4.69, 9.17) is 5.11 Å². The van der Waals surface area contributed by atoms with Gasteiger partial charge in [0.15, 0.2) is 0 Å². The summed E-state index contributed by atoms with van der Waals surface area (Å²) in [5, 5.41) is 12.0. The van der Waals surface area contributed by atoms with Crippen LogP contribution in [-0.4, -0.2) is 17.1 Å². The van der Waals surface area contributed by atoms with Crippen molar-refractivity contribution in [2.45, 2.75) is 39.7 Å². The van der Waals surface area contributed by atoms with Crippen molar-refractivity contribution >= 4 is 11.7 Å². The first-order valence-electron chi connectivity index (χ1n) is 5.52. The van der Waals surface area contributed by atoms with E-state index in [1.54, 1.807) is 6.92 Å². The maximum Gasteiger partial charge on any atom is 0.325 e. The number of rotatable bonds is 4. The molecule has 3 nitrogen and oxygen atoms in total. The number of carboxylic acids is 1. The number of nitrogens with one attached hydrogen (secondary N) is 1. The van der Waals surface area contributed by atoms with Gasteiger partial charge in [-0.1, -0.05) is 32.0 Å². The van der Waals surface area contributed by atoms with Gasteiger partial charge in [0.2, 0.25) is 0 Å². The highest BCUT2D eigenvalue weighted by atomic mass is 16.4. The van der Waals surface area contributed by atoms with Crippen molar-refractivity contribution in [3.05, 3.63) is 29.3 Å². The van der Waals surface area contributed by atoms with Crippen LogP contribution in [0.1, 0.15) is 37.8 Å². The number of aryl methyl sites for hydroxylation is 1. The zero-order valence-electron chi connectivity index (χ0n) is 10.2. The van der Waals surface area contributed by atoms with Crippen LogP contribution in [0.3, 0.4) is 0 Å². The molecule has 2 N–H and O–H groups in total. The lowest BCUT2D eigenvalue weighted by Gasteiger charge is -2.19. The molecule has 0 amide bonds. The lowest BCUT2D eigenvalue weighted by atomic mass is 9.98. The minimum absolute atomic E-state index is 0.378. The molecule has 16 heavy (non-hydrogen) atoms. The van der Waals surface area contributed by atoms with Crippen LogP contribution in [-0.2, 0) is 4.79 Å². The van der Waals surface area contributed by atoms with E-state index in [9.17, 15) is 4.79 Å². The van der Waals surface area contributed by atoms with Gasteiger partial charge in [0.25, 0.3) is 0 Å². The van der Waals surface area contributed by atoms with Crippen LogP contribution in [0.25, 0.3) is 0 Å². The Labute approximate surface area is 96.5 Å². The van der Waals surface area contributed by atoms with Crippen LogP contribution >= 0.6 is 0 Å². The van der Waals surface area contributed by atoms with Gasteiger partial charge >= 0.3 is 5.97 Å². The fourth-order valence-corrected chi connectivity index (χ4v) is 1.65. The van der Waals surface area contributed by atoms with Crippen LogP contribution in [0.5, 0.6) is 0 Å². The summed E-state index contributed by atoms with van der Waals surface area (Å²) in [7, 11) is 0. The SMILES string of the molecule is Cc1cccc(C(C)C)c1NC(C)C(=O)O. The predicted molar refractivity (Wildman–Crippen MR) is 66.0 cm³/mol. The number of aliphatic carboxylic acids is 1. The molecule has 0 saturated heterocycles. The summed E-state index contributed by atoms with van der Waals surface area (Å²) in [6, 6.07) is 5.46. The van der Waals surface area contributed by atoms with E-state index >= 15 is 0 Å². The molecule has 0 aliphatic heterocycles. The molecule has 0 aliphatic rings. The van der Waals surface area contributed by atoms with Gasteiger partial charge in [0, 0.05) is 5.69 Å². The van der Waals surface area contributed by atoms with E-state index in [0.717, 1.165) is 16.8 Å². The van der Waals surface area contributed by atoms with Crippen molar-refractivity contribution in [3.63, 3.8) is 0 Å². The molecule has 0 saturated carbocycles. The summed E-state index contributed by atoms with van der Waals surface area (Å²) in [6.45, 7) is 7.85. The molecule has 1 aromatic rings. The summed E-state index contributed by atoms with van der Waals surface area (Å²) in [5.41, 5.74) is 3.19. The molecule has 0 heterocycles. The van der Waals surface area contributed by atoms with Crippen molar-refractivity contribution in [2.75, 3.05) is 5.32 Å². The lowest BCUT2D eigenvalue weighted by Crippen LogP contribution is -2.26. The van der Waals surface area contributed by atoms with Gasteiger partial charge in [0.05, 0.1) is 0 Å². The zero-order chi connectivity index (χ0) is 12.3. The summed E-state index contributed by atoms with van der Waals surface area (Å²) >= 11 is 0. The van der Waals surface area contributed by atoms with Crippen LogP contribution in [0.4, 0.5) is 5.69 Å². The van der Waals surface area contributed by atoms with Gasteiger partial charge in [-0.3, -0.25) is 4.79 Å². The van der Waals surface area contributed by atoms with E-state index in [1.807, 2.05) is 25.1 Å². The third kappa shape index (κ3) is 2.75. The summed E-state index contributed by atoms with van der Waals surface area (Å²) in [6.07, 6.45) is 0. The van der Waals surface area contributed by atoms with Gasteiger partial charge < -0.3 is 10.4 Å². The normalized spacial score (nSPS) is 12.6. The molecule has 1 atom stereocenters. The van der Waals surface area contributed by atoms with Gasteiger partial charge in [-0.25, -0.2) is 0 Å². The molecule has 1 rings (SSSR count). The number of benzene rings is 1. The average molecular weight is 221 g/mol. The number of hydrogen-bond acceptors (Lipinski definition) is 2. The maximum atomic E-state index is 10.8. The van der Waals surface area contributed by atoms with Crippen molar-refractivity contribution < 1.29 is 9.90 Å². The second-order valence-electron chi connectivity index (χ2n) is 4.40. The highest BCUT2D eigenvalue weighted by Gasteiger charge is 2.15. The van der Waals surface area contributed by atoms with E-state index in [-0.39, 0.29) is 0 Å². The Bertz CT molecular complexity index is 386. The minimum atomic E-state index is -0.835. The number of anilines is 1. The summed E-state index contributed by atoms with van der Waals surface area (Å²) < 4.78 is 0. The Morgan fingerprint density at radius 2 is 1.94 bits per heavy atom. The highest BCUT2D eigenvalue weighted by molar-refractivity contribution is 5.78. The monoisotopic (exact) mass is 221 g/mol. The number of para-hydroxylation sites is 1. The fraction of sp³-hybridized carbons (Fsp3) is 0.462. The molecule has 3 heteroatoms. The van der Waals surface area contributed by atoms with Gasteiger partial charge in [-0.2, -0.15) is 0 Å². The Morgan fingerprint density at radius 1 is 1.31 bits per heavy atom. The second-order valence-corrected chi connectivity index (χ2v) is 4.40. The first-order valence-corrected chi connectivity index (χ1v) is 5.52. The van der Waals surface area contributed by atoms with Crippen molar-refractivity contribution in [3.8, 4) is 0 Å². The second kappa shape index (κ2) is 5.01. The molecule has 1 aromatic carbocycles. The lowest BCUT2D eigenvalue weighted by molar-refractivity contribution is -0.137. The van der Waals surface area contributed by atoms with Crippen LogP contribution in [0, 0.1) is 6.92 Å². The topological polar surface area (TPSA) is 49.3 Å². The van der Waals surface area contributed by atoms with Crippen molar-refractivity contribution in [2.24, 2.45) is 0 Å². The van der Waals surface area contributed by atoms with Crippen molar-refractivity contribution in [1.29, 1.82) is 0 Å². The van der Waals surface area contributed by atoms with Crippen LogP contribution < -0.4 is 5.32 Å². The average Bonchev–Trinajstić information content (AvgIpc) is 2.20. The molecular formula is C13H19NO2. The standard InChI is InChI=1S/C13H19NO2/c1-8(2)11-7-5-6-9(3)12(11)14-10(4)13(15)16/h5-8,10,14H,1-4H3,(H,15,16). The van der Waals surface area contributed by atoms with E-state index in [0.29, 0.717) is 5.92 Å². The van der Waals surface area contributed by atoms with E-state index in [1.165, 1.54) is 0 Å². The molecule has 0 aliphatic carbocycles. The smallest absolute Gasteiger partial charge is 0.325 e. The Hall–Kier alpha value is -1.51. The molecule has 1 unspecified atom stereocenters. The fourth-order valence-electron chi connectivity index (χ4n) is 1.65. The summed E-state index contributed by atoms with van der Waals surface area (Å²) in [5.74, 6) is -0.457. The quantitative estimate of drug-likeness (QED) is 0.821. The first kappa shape index (κ1) is 12.6. The Kier molecular flexibility index (Phi) is 3.93. The Balaban J connectivity index is 3.06. The summed E-state index contributed by atoms with van der Waals surface area (Å²) in [4.78, 5) is 10.8. The molecule has 88 valence electrons. The Morgan fingerprint density at radius 3 is 2.44 bits per heavy atom. The zero-order valence-corrected chi connectivity index (χ0v) is 10.2. The van der Waals surface area contributed by atoms with Gasteiger partial charge in [-0.15, -0.1) is 0 Å². The van der Waals surface area contributed by atoms with Gasteiger partial charge in [0.1, 0.15) is 6.04 Å². The maximum absolute atomic E-state index is 10.8. The molecular weight excluding hydrogens is 202 g/mol.